The topological polar surface area (TPSA) is 0 Å². The van der Waals surface area contributed by atoms with Gasteiger partial charge in [-0.2, -0.15) is 0 Å². The van der Waals surface area contributed by atoms with E-state index >= 15 is 0 Å². The Morgan fingerprint density at radius 3 is 1.86 bits per heavy atom. The molecule has 2 atom stereocenters. The maximum absolute atomic E-state index is 2.56. The van der Waals surface area contributed by atoms with Gasteiger partial charge in [0, 0.05) is 0 Å². The third kappa shape index (κ3) is 4.48. The highest BCUT2D eigenvalue weighted by molar-refractivity contribution is 4.83. The second-order valence-electron chi connectivity index (χ2n) is 5.01. The Balaban J connectivity index is 2.14. The highest BCUT2D eigenvalue weighted by Gasteiger charge is 2.20. The highest BCUT2D eigenvalue weighted by Crippen LogP contribution is 2.34. The first-order chi connectivity index (χ1) is 6.86. The summed E-state index contributed by atoms with van der Waals surface area (Å²) in [6.07, 6.45) is 15.5. The molecule has 0 aliphatic heterocycles. The van der Waals surface area contributed by atoms with Gasteiger partial charge in [0.2, 0.25) is 0 Å². The second kappa shape index (κ2) is 7.31. The molecule has 0 aromatic heterocycles. The zero-order valence-corrected chi connectivity index (χ0v) is 10.1. The van der Waals surface area contributed by atoms with Crippen molar-refractivity contribution in [2.45, 2.75) is 71.6 Å². The van der Waals surface area contributed by atoms with Crippen molar-refractivity contribution in [1.82, 2.24) is 0 Å². The van der Waals surface area contributed by atoms with Gasteiger partial charge in [-0.15, -0.1) is 0 Å². The monoisotopic (exact) mass is 195 g/mol. The number of hydrogen-bond donors (Lipinski definition) is 0. The van der Waals surface area contributed by atoms with Gasteiger partial charge in [0.05, 0.1) is 0 Å². The third-order valence-corrected chi connectivity index (χ3v) is 3.60. The summed E-state index contributed by atoms with van der Waals surface area (Å²) in [5.74, 6) is 2.07. The molecular weight excluding hydrogens is 168 g/mol. The van der Waals surface area contributed by atoms with Gasteiger partial charge in [-0.3, -0.25) is 0 Å². The van der Waals surface area contributed by atoms with E-state index in [1.54, 1.807) is 0 Å². The molecule has 2 unspecified atom stereocenters. The zero-order chi connectivity index (χ0) is 10.2. The van der Waals surface area contributed by atoms with Crippen molar-refractivity contribution < 1.29 is 0 Å². The van der Waals surface area contributed by atoms with E-state index in [1.807, 2.05) is 0 Å². The molecule has 1 aliphatic rings. The molecule has 0 spiro atoms. The highest BCUT2D eigenvalue weighted by atomic mass is 14.3. The smallest absolute Gasteiger partial charge is 0.0380 e. The van der Waals surface area contributed by atoms with Crippen molar-refractivity contribution in [2.75, 3.05) is 0 Å². The normalized spacial score (nSPS) is 27.9. The van der Waals surface area contributed by atoms with E-state index in [0.29, 0.717) is 0 Å². The lowest BCUT2D eigenvalue weighted by Gasteiger charge is -2.28. The van der Waals surface area contributed by atoms with Crippen LogP contribution >= 0.6 is 0 Å². The molecule has 0 saturated heterocycles. The van der Waals surface area contributed by atoms with Gasteiger partial charge in [-0.05, 0) is 37.5 Å². The number of rotatable bonds is 6. The van der Waals surface area contributed by atoms with Crippen LogP contribution in [0.1, 0.15) is 71.6 Å². The Morgan fingerprint density at radius 2 is 1.43 bits per heavy atom. The van der Waals surface area contributed by atoms with Gasteiger partial charge in [0.25, 0.3) is 0 Å². The fraction of sp³-hybridized carbons (Fsp3) is 0.929. The molecule has 0 aromatic carbocycles. The molecule has 0 N–H and O–H groups in total. The standard InChI is InChI=1S/C14H27/c1-3-5-8-13-10-7-11-14(12-13)9-6-4-2/h7,13-14H,3-6,8-12H2,1-2H3. The van der Waals surface area contributed by atoms with Crippen LogP contribution in [0.4, 0.5) is 0 Å². The van der Waals surface area contributed by atoms with E-state index < -0.39 is 0 Å². The molecule has 0 nitrogen and oxygen atoms in total. The summed E-state index contributed by atoms with van der Waals surface area (Å²) in [6.45, 7) is 4.61. The lowest BCUT2D eigenvalue weighted by Crippen LogP contribution is -2.16. The van der Waals surface area contributed by atoms with E-state index in [1.165, 1.54) is 57.8 Å². The van der Waals surface area contributed by atoms with Crippen LogP contribution in [0.3, 0.4) is 0 Å². The molecule has 0 aromatic rings. The van der Waals surface area contributed by atoms with Crippen LogP contribution in [0.5, 0.6) is 0 Å². The third-order valence-electron chi connectivity index (χ3n) is 3.60. The van der Waals surface area contributed by atoms with Crippen molar-refractivity contribution in [2.24, 2.45) is 11.8 Å². The van der Waals surface area contributed by atoms with Crippen LogP contribution in [0.2, 0.25) is 0 Å². The van der Waals surface area contributed by atoms with Gasteiger partial charge in [-0.1, -0.05) is 52.4 Å². The average Bonchev–Trinajstić information content (AvgIpc) is 2.24. The molecular formula is C14H27. The van der Waals surface area contributed by atoms with E-state index in [2.05, 4.69) is 20.3 Å². The quantitative estimate of drug-likeness (QED) is 0.560. The van der Waals surface area contributed by atoms with Gasteiger partial charge in [-0.25, -0.2) is 0 Å². The first-order valence-corrected chi connectivity index (χ1v) is 6.68. The largest absolute Gasteiger partial charge is 0.0654 e. The van der Waals surface area contributed by atoms with Gasteiger partial charge in [0.15, 0.2) is 0 Å². The predicted molar refractivity (Wildman–Crippen MR) is 64.2 cm³/mol. The Kier molecular flexibility index (Phi) is 6.31. The summed E-state index contributed by atoms with van der Waals surface area (Å²) < 4.78 is 0. The summed E-state index contributed by atoms with van der Waals surface area (Å²) >= 11 is 0. The Morgan fingerprint density at radius 1 is 0.929 bits per heavy atom. The van der Waals surface area contributed by atoms with Crippen molar-refractivity contribution in [3.63, 3.8) is 0 Å². The van der Waals surface area contributed by atoms with Crippen LogP contribution < -0.4 is 0 Å². The minimum Gasteiger partial charge on any atom is -0.0654 e. The predicted octanol–water partition coefficient (Wildman–Crippen LogP) is 4.99. The molecule has 83 valence electrons. The van der Waals surface area contributed by atoms with E-state index in [0.717, 1.165) is 11.8 Å². The van der Waals surface area contributed by atoms with Crippen LogP contribution in [0, 0.1) is 18.3 Å². The summed E-state index contributed by atoms with van der Waals surface area (Å²) in [5, 5.41) is 0. The SMILES string of the molecule is CCCCC1C[CH]CC(CCCC)C1. The lowest BCUT2D eigenvalue weighted by molar-refractivity contribution is 0.277. The van der Waals surface area contributed by atoms with Crippen molar-refractivity contribution in [3.05, 3.63) is 6.42 Å². The Bertz CT molecular complexity index is 114. The van der Waals surface area contributed by atoms with Crippen LogP contribution in [0.15, 0.2) is 0 Å². The van der Waals surface area contributed by atoms with Gasteiger partial charge >= 0.3 is 0 Å². The maximum atomic E-state index is 2.56. The fourth-order valence-electron chi connectivity index (χ4n) is 2.69. The van der Waals surface area contributed by atoms with E-state index in [4.69, 9.17) is 0 Å². The van der Waals surface area contributed by atoms with Crippen molar-refractivity contribution >= 4 is 0 Å². The van der Waals surface area contributed by atoms with Crippen molar-refractivity contribution in [3.8, 4) is 0 Å². The summed E-state index contributed by atoms with van der Waals surface area (Å²) in [6, 6.07) is 0. The number of hydrogen-bond acceptors (Lipinski definition) is 0. The summed E-state index contributed by atoms with van der Waals surface area (Å²) in [5.41, 5.74) is 0. The van der Waals surface area contributed by atoms with Crippen LogP contribution in [-0.4, -0.2) is 0 Å². The van der Waals surface area contributed by atoms with Crippen LogP contribution in [-0.2, 0) is 0 Å². The van der Waals surface area contributed by atoms with Crippen molar-refractivity contribution in [1.29, 1.82) is 0 Å². The first kappa shape index (κ1) is 12.1. The summed E-state index contributed by atoms with van der Waals surface area (Å²) in [4.78, 5) is 0. The molecule has 1 aliphatic carbocycles. The van der Waals surface area contributed by atoms with Gasteiger partial charge in [0.1, 0.15) is 0 Å². The van der Waals surface area contributed by atoms with E-state index in [-0.39, 0.29) is 0 Å². The Labute approximate surface area is 90.5 Å². The molecule has 1 radical (unpaired) electrons. The molecule has 1 fully saturated rings. The minimum atomic E-state index is 1.03. The number of unbranched alkanes of at least 4 members (excludes halogenated alkanes) is 2. The molecule has 1 rings (SSSR count). The minimum absolute atomic E-state index is 1.03. The fourth-order valence-corrected chi connectivity index (χ4v) is 2.69. The zero-order valence-electron chi connectivity index (χ0n) is 10.1. The maximum Gasteiger partial charge on any atom is -0.0380 e. The molecule has 0 heterocycles. The molecule has 0 bridgehead atoms. The average molecular weight is 195 g/mol. The second-order valence-corrected chi connectivity index (χ2v) is 5.01. The Hall–Kier alpha value is 0. The molecule has 1 saturated carbocycles. The lowest BCUT2D eigenvalue weighted by atomic mass is 9.77. The van der Waals surface area contributed by atoms with Gasteiger partial charge < -0.3 is 0 Å². The molecule has 14 heavy (non-hydrogen) atoms. The van der Waals surface area contributed by atoms with E-state index in [9.17, 15) is 0 Å². The summed E-state index contributed by atoms with van der Waals surface area (Å²) in [7, 11) is 0. The first-order valence-electron chi connectivity index (χ1n) is 6.68. The van der Waals surface area contributed by atoms with Crippen LogP contribution in [0.25, 0.3) is 0 Å². The molecule has 0 heteroatoms. The molecule has 0 amide bonds.